The molecule has 3 aromatic carbocycles. The van der Waals surface area contributed by atoms with Crippen molar-refractivity contribution in [1.29, 1.82) is 0 Å². The number of anilines is 1. The lowest BCUT2D eigenvalue weighted by atomic mass is 10.1. The molecule has 0 saturated heterocycles. The number of aliphatic hydroxyl groups is 1. The Kier molecular flexibility index (Phi) is 6.66. The lowest BCUT2D eigenvalue weighted by Crippen LogP contribution is -2.29. The second-order valence-corrected chi connectivity index (χ2v) is 7.48. The lowest BCUT2D eigenvalue weighted by Gasteiger charge is -2.14. The van der Waals surface area contributed by atoms with Gasteiger partial charge >= 0.3 is 11.9 Å². The zero-order valence-electron chi connectivity index (χ0n) is 18.3. The van der Waals surface area contributed by atoms with Gasteiger partial charge in [0.15, 0.2) is 0 Å². The molecule has 1 N–H and O–H groups in total. The number of carbonyl (C=O) groups excluding carboxylic acids is 4. The van der Waals surface area contributed by atoms with Gasteiger partial charge in [0.05, 0.1) is 23.4 Å². The number of nitrogens with zero attached hydrogens (tertiary/aromatic N) is 1. The van der Waals surface area contributed by atoms with Gasteiger partial charge in [0.2, 0.25) is 0 Å². The minimum atomic E-state index is -0.757. The molecule has 4 rings (SSSR count). The van der Waals surface area contributed by atoms with Crippen molar-refractivity contribution in [3.8, 4) is 22.6 Å². The van der Waals surface area contributed by atoms with Crippen LogP contribution in [-0.2, 0) is 14.4 Å². The van der Waals surface area contributed by atoms with E-state index in [9.17, 15) is 19.2 Å². The SMILES string of the molecule is C=C(CO)C(=O)Oc1ccc(C(=O)Oc2ccc(-c3ccc(N4C(=O)C=CC4=O)cc3)cc2)cc1. The second kappa shape index (κ2) is 9.98. The van der Waals surface area contributed by atoms with Gasteiger partial charge < -0.3 is 14.6 Å². The summed E-state index contributed by atoms with van der Waals surface area (Å²) in [6.45, 7) is 2.88. The van der Waals surface area contributed by atoms with Crippen LogP contribution in [0.4, 0.5) is 5.69 Å². The van der Waals surface area contributed by atoms with Crippen LogP contribution >= 0.6 is 0 Å². The third-order valence-corrected chi connectivity index (χ3v) is 5.11. The predicted octanol–water partition coefficient (Wildman–Crippen LogP) is 3.46. The summed E-state index contributed by atoms with van der Waals surface area (Å²) in [5.41, 5.74) is 2.36. The number of rotatable bonds is 7. The first kappa shape index (κ1) is 23.3. The van der Waals surface area contributed by atoms with Crippen LogP contribution in [-0.4, -0.2) is 35.5 Å². The van der Waals surface area contributed by atoms with Crippen LogP contribution in [0.2, 0.25) is 0 Å². The van der Waals surface area contributed by atoms with Gasteiger partial charge in [0, 0.05) is 12.2 Å². The second-order valence-electron chi connectivity index (χ2n) is 7.48. The van der Waals surface area contributed by atoms with Crippen LogP contribution in [0.3, 0.4) is 0 Å². The molecule has 1 heterocycles. The van der Waals surface area contributed by atoms with E-state index in [0.29, 0.717) is 11.4 Å². The molecule has 8 heteroatoms. The first-order chi connectivity index (χ1) is 16.9. The Morgan fingerprint density at radius 2 is 1.23 bits per heavy atom. The highest BCUT2D eigenvalue weighted by molar-refractivity contribution is 6.28. The maximum absolute atomic E-state index is 12.4. The molecule has 35 heavy (non-hydrogen) atoms. The topological polar surface area (TPSA) is 110 Å². The standard InChI is InChI=1S/C27H19NO7/c1-17(16-29)26(32)34-22-12-6-20(7-13-22)27(33)35-23-10-4-19(5-11-23)18-2-8-21(9-3-18)28-24(30)14-15-25(28)31/h2-15,29H,1,16H2. The molecule has 0 aromatic heterocycles. The van der Waals surface area contributed by atoms with Gasteiger partial charge in [0.25, 0.3) is 11.8 Å². The average molecular weight is 469 g/mol. The summed E-state index contributed by atoms with van der Waals surface area (Å²) >= 11 is 0. The van der Waals surface area contributed by atoms with E-state index in [2.05, 4.69) is 6.58 Å². The number of ether oxygens (including phenoxy) is 2. The number of imide groups is 1. The highest BCUT2D eigenvalue weighted by atomic mass is 16.5. The van der Waals surface area contributed by atoms with Crippen LogP contribution < -0.4 is 14.4 Å². The summed E-state index contributed by atoms with van der Waals surface area (Å²) in [5, 5.41) is 8.90. The van der Waals surface area contributed by atoms with Crippen LogP contribution in [0.5, 0.6) is 11.5 Å². The van der Waals surface area contributed by atoms with Gasteiger partial charge in [-0.05, 0) is 59.7 Å². The summed E-state index contributed by atoms with van der Waals surface area (Å²) in [4.78, 5) is 48.8. The van der Waals surface area contributed by atoms with Crippen molar-refractivity contribution in [3.05, 3.63) is 103 Å². The van der Waals surface area contributed by atoms with Gasteiger partial charge in [-0.2, -0.15) is 0 Å². The van der Waals surface area contributed by atoms with Crippen molar-refractivity contribution in [2.24, 2.45) is 0 Å². The van der Waals surface area contributed by atoms with Crippen molar-refractivity contribution in [2.75, 3.05) is 11.5 Å². The Hall–Kier alpha value is -4.82. The fraction of sp³-hybridized carbons (Fsp3) is 0.0370. The van der Waals surface area contributed by atoms with Crippen molar-refractivity contribution in [2.45, 2.75) is 0 Å². The molecule has 1 aliphatic heterocycles. The largest absolute Gasteiger partial charge is 0.423 e. The molecule has 0 spiro atoms. The maximum atomic E-state index is 12.4. The van der Waals surface area contributed by atoms with Gasteiger partial charge in [-0.25, -0.2) is 14.5 Å². The molecule has 174 valence electrons. The van der Waals surface area contributed by atoms with Crippen molar-refractivity contribution < 1.29 is 33.8 Å². The first-order valence-electron chi connectivity index (χ1n) is 10.5. The lowest BCUT2D eigenvalue weighted by molar-refractivity contribution is -0.130. The quantitative estimate of drug-likeness (QED) is 0.244. The third-order valence-electron chi connectivity index (χ3n) is 5.11. The first-order valence-corrected chi connectivity index (χ1v) is 10.5. The van der Waals surface area contributed by atoms with E-state index in [-0.39, 0.29) is 28.7 Å². The van der Waals surface area contributed by atoms with Crippen molar-refractivity contribution in [3.63, 3.8) is 0 Å². The minimum absolute atomic E-state index is 0.0815. The Balaban J connectivity index is 1.38. The summed E-state index contributed by atoms with van der Waals surface area (Å²) in [5.74, 6) is -1.56. The van der Waals surface area contributed by atoms with E-state index in [1.807, 2.05) is 0 Å². The minimum Gasteiger partial charge on any atom is -0.423 e. The van der Waals surface area contributed by atoms with E-state index < -0.39 is 18.5 Å². The fourth-order valence-electron chi connectivity index (χ4n) is 3.24. The molecule has 0 radical (unpaired) electrons. The monoisotopic (exact) mass is 469 g/mol. The molecule has 0 aliphatic carbocycles. The number of amides is 2. The van der Waals surface area contributed by atoms with E-state index in [1.54, 1.807) is 48.5 Å². The number of hydrogen-bond donors (Lipinski definition) is 1. The van der Waals surface area contributed by atoms with Gasteiger partial charge in [0.1, 0.15) is 11.5 Å². The number of aliphatic hydroxyl groups excluding tert-OH is 1. The average Bonchev–Trinajstić information content (AvgIpc) is 3.22. The highest BCUT2D eigenvalue weighted by Gasteiger charge is 2.24. The molecule has 0 fully saturated rings. The zero-order valence-corrected chi connectivity index (χ0v) is 18.3. The summed E-state index contributed by atoms with van der Waals surface area (Å²) < 4.78 is 10.4. The number of carbonyl (C=O) groups is 4. The van der Waals surface area contributed by atoms with Gasteiger partial charge in [-0.15, -0.1) is 0 Å². The predicted molar refractivity (Wildman–Crippen MR) is 127 cm³/mol. The number of hydrogen-bond acceptors (Lipinski definition) is 7. The highest BCUT2D eigenvalue weighted by Crippen LogP contribution is 2.27. The Morgan fingerprint density at radius 1 is 0.743 bits per heavy atom. The van der Waals surface area contributed by atoms with Gasteiger partial charge in [-0.1, -0.05) is 30.8 Å². The van der Waals surface area contributed by atoms with Crippen LogP contribution in [0.15, 0.2) is 97.1 Å². The number of esters is 2. The van der Waals surface area contributed by atoms with Crippen LogP contribution in [0.1, 0.15) is 10.4 Å². The van der Waals surface area contributed by atoms with E-state index in [0.717, 1.165) is 16.0 Å². The van der Waals surface area contributed by atoms with Crippen molar-refractivity contribution >= 4 is 29.4 Å². The third kappa shape index (κ3) is 5.23. The molecule has 0 unspecified atom stereocenters. The van der Waals surface area contributed by atoms with Crippen LogP contribution in [0, 0.1) is 0 Å². The molecule has 0 saturated carbocycles. The van der Waals surface area contributed by atoms with Crippen molar-refractivity contribution in [1.82, 2.24) is 0 Å². The molecule has 1 aliphatic rings. The fourth-order valence-corrected chi connectivity index (χ4v) is 3.24. The Labute approximate surface area is 200 Å². The summed E-state index contributed by atoms with van der Waals surface area (Å²) in [6.07, 6.45) is 2.46. The van der Waals surface area contributed by atoms with E-state index in [4.69, 9.17) is 14.6 Å². The Morgan fingerprint density at radius 3 is 1.77 bits per heavy atom. The normalized spacial score (nSPS) is 12.5. The van der Waals surface area contributed by atoms with E-state index >= 15 is 0 Å². The molecule has 2 amide bonds. The molecular formula is C27H19NO7. The zero-order chi connectivity index (χ0) is 24.9. The molecule has 8 nitrogen and oxygen atoms in total. The Bertz CT molecular complexity index is 1320. The molecular weight excluding hydrogens is 450 g/mol. The smallest absolute Gasteiger partial charge is 0.343 e. The summed E-state index contributed by atoms with van der Waals surface area (Å²) in [6, 6.07) is 19.6. The number of benzene rings is 3. The summed E-state index contributed by atoms with van der Waals surface area (Å²) in [7, 11) is 0. The molecule has 3 aromatic rings. The molecule has 0 atom stereocenters. The maximum Gasteiger partial charge on any atom is 0.343 e. The van der Waals surface area contributed by atoms with Gasteiger partial charge in [-0.3, -0.25) is 9.59 Å². The molecule has 0 bridgehead atoms. The van der Waals surface area contributed by atoms with Crippen LogP contribution in [0.25, 0.3) is 11.1 Å². The van der Waals surface area contributed by atoms with E-state index in [1.165, 1.54) is 36.4 Å².